The van der Waals surface area contributed by atoms with Gasteiger partial charge >= 0.3 is 0 Å². The molecule has 86 valence electrons. The van der Waals surface area contributed by atoms with Gasteiger partial charge in [0.05, 0.1) is 6.04 Å². The Bertz CT molecular complexity index is 412. The summed E-state index contributed by atoms with van der Waals surface area (Å²) in [5.41, 5.74) is 4.75. The lowest BCUT2D eigenvalue weighted by Gasteiger charge is -2.10. The number of halogens is 1. The summed E-state index contributed by atoms with van der Waals surface area (Å²) in [6, 6.07) is 6.49. The number of aliphatic imine (C=N–C) groups is 1. The summed E-state index contributed by atoms with van der Waals surface area (Å²) in [6.07, 6.45) is 2.31. The van der Waals surface area contributed by atoms with Crippen LogP contribution in [0.1, 0.15) is 18.4 Å². The Balaban J connectivity index is 2.09. The first kappa shape index (κ1) is 11.4. The van der Waals surface area contributed by atoms with Crippen molar-refractivity contribution in [2.45, 2.75) is 25.8 Å². The molecule has 4 nitrogen and oxygen atoms in total. The van der Waals surface area contributed by atoms with Crippen LogP contribution >= 0.6 is 15.9 Å². The van der Waals surface area contributed by atoms with Gasteiger partial charge in [-0.1, -0.05) is 22.0 Å². The molecule has 1 saturated carbocycles. The smallest absolute Gasteiger partial charge is 0.210 e. The van der Waals surface area contributed by atoms with Gasteiger partial charge in [0, 0.05) is 10.2 Å². The van der Waals surface area contributed by atoms with Gasteiger partial charge in [0.1, 0.15) is 0 Å². The molecular formula is C11H15BrN4. The van der Waals surface area contributed by atoms with E-state index >= 15 is 0 Å². The van der Waals surface area contributed by atoms with Gasteiger partial charge in [-0.15, -0.1) is 0 Å². The van der Waals surface area contributed by atoms with Gasteiger partial charge in [-0.3, -0.25) is 5.43 Å². The van der Waals surface area contributed by atoms with Crippen LogP contribution < -0.4 is 16.6 Å². The number of nitrogens with zero attached hydrogens (tertiary/aromatic N) is 1. The van der Waals surface area contributed by atoms with E-state index in [9.17, 15) is 0 Å². The Morgan fingerprint density at radius 3 is 2.81 bits per heavy atom. The first-order chi connectivity index (χ1) is 7.69. The molecule has 0 bridgehead atoms. The van der Waals surface area contributed by atoms with Gasteiger partial charge in [0.2, 0.25) is 5.96 Å². The lowest BCUT2D eigenvalue weighted by Crippen LogP contribution is -2.36. The van der Waals surface area contributed by atoms with Crippen LogP contribution in [0.4, 0.5) is 5.69 Å². The highest BCUT2D eigenvalue weighted by atomic mass is 79.9. The van der Waals surface area contributed by atoms with Crippen molar-refractivity contribution < 1.29 is 0 Å². The summed E-state index contributed by atoms with van der Waals surface area (Å²) >= 11 is 3.49. The second-order valence-electron chi connectivity index (χ2n) is 3.94. The van der Waals surface area contributed by atoms with Crippen LogP contribution in [0.5, 0.6) is 0 Å². The Morgan fingerprint density at radius 1 is 1.50 bits per heavy atom. The minimum Gasteiger partial charge on any atom is -0.325 e. The van der Waals surface area contributed by atoms with E-state index in [-0.39, 0.29) is 0 Å². The van der Waals surface area contributed by atoms with Crippen LogP contribution in [0, 0.1) is 6.92 Å². The number of anilines is 1. The van der Waals surface area contributed by atoms with Crippen molar-refractivity contribution in [3.05, 3.63) is 28.2 Å². The molecule has 0 unspecified atom stereocenters. The second kappa shape index (κ2) is 4.84. The molecule has 0 radical (unpaired) electrons. The van der Waals surface area contributed by atoms with Crippen molar-refractivity contribution in [2.24, 2.45) is 10.8 Å². The van der Waals surface area contributed by atoms with E-state index in [1.165, 1.54) is 5.56 Å². The van der Waals surface area contributed by atoms with Gasteiger partial charge in [-0.05, 0) is 37.5 Å². The molecule has 0 amide bonds. The molecule has 0 spiro atoms. The molecule has 1 aromatic rings. The number of aryl methyl sites for hydroxylation is 1. The summed E-state index contributed by atoms with van der Waals surface area (Å²) in [6.45, 7) is 2.05. The molecule has 4 N–H and O–H groups in total. The fourth-order valence-corrected chi connectivity index (χ4v) is 1.68. The van der Waals surface area contributed by atoms with E-state index in [1.807, 2.05) is 25.1 Å². The van der Waals surface area contributed by atoms with Crippen molar-refractivity contribution >= 4 is 27.6 Å². The van der Waals surface area contributed by atoms with Crippen molar-refractivity contribution in [1.29, 1.82) is 0 Å². The Morgan fingerprint density at radius 2 is 2.25 bits per heavy atom. The van der Waals surface area contributed by atoms with Crippen LogP contribution in [0.25, 0.3) is 0 Å². The molecule has 1 aliphatic rings. The predicted octanol–water partition coefficient (Wildman–Crippen LogP) is 2.15. The van der Waals surface area contributed by atoms with E-state index in [1.54, 1.807) is 0 Å². The second-order valence-corrected chi connectivity index (χ2v) is 4.80. The predicted molar refractivity (Wildman–Crippen MR) is 70.3 cm³/mol. The molecule has 1 aromatic carbocycles. The number of nitrogens with two attached hydrogens (primary N) is 1. The maximum Gasteiger partial charge on any atom is 0.210 e. The summed E-state index contributed by atoms with van der Waals surface area (Å²) in [4.78, 5) is 4.41. The lowest BCUT2D eigenvalue weighted by atomic mass is 10.2. The standard InChI is InChI=1S/C11H15BrN4/c1-7-2-3-9(6-10(7)12)15-11(16-13)14-8-4-5-8/h2-3,6,8H,4-5,13H2,1H3,(H2,14,15,16). The summed E-state index contributed by atoms with van der Waals surface area (Å²) in [5.74, 6) is 6.03. The number of nitrogens with one attached hydrogen (secondary N) is 2. The first-order valence-corrected chi connectivity index (χ1v) is 6.06. The van der Waals surface area contributed by atoms with Crippen molar-refractivity contribution in [1.82, 2.24) is 5.43 Å². The first-order valence-electron chi connectivity index (χ1n) is 5.26. The van der Waals surface area contributed by atoms with E-state index in [4.69, 9.17) is 5.84 Å². The third-order valence-corrected chi connectivity index (χ3v) is 3.28. The number of hydrazine groups is 1. The number of guanidine groups is 1. The van der Waals surface area contributed by atoms with E-state index in [0.29, 0.717) is 12.0 Å². The van der Waals surface area contributed by atoms with Gasteiger partial charge in [-0.25, -0.2) is 10.8 Å². The molecular weight excluding hydrogens is 268 g/mol. The molecule has 16 heavy (non-hydrogen) atoms. The molecule has 0 heterocycles. The van der Waals surface area contributed by atoms with Crippen LogP contribution in [0.3, 0.4) is 0 Å². The Labute approximate surface area is 103 Å². The van der Waals surface area contributed by atoms with Gasteiger partial charge in [0.15, 0.2) is 0 Å². The van der Waals surface area contributed by atoms with Crippen molar-refractivity contribution in [2.75, 3.05) is 5.32 Å². The van der Waals surface area contributed by atoms with Gasteiger partial charge in [-0.2, -0.15) is 0 Å². The zero-order valence-electron chi connectivity index (χ0n) is 9.13. The third kappa shape index (κ3) is 2.96. The summed E-state index contributed by atoms with van der Waals surface area (Å²) in [7, 11) is 0. The Kier molecular flexibility index (Phi) is 3.46. The highest BCUT2D eigenvalue weighted by Crippen LogP contribution is 2.24. The number of hydrogen-bond acceptors (Lipinski definition) is 2. The molecule has 0 saturated heterocycles. The minimum absolute atomic E-state index is 0.437. The quantitative estimate of drug-likeness (QED) is 0.337. The third-order valence-electron chi connectivity index (χ3n) is 2.43. The molecule has 2 rings (SSSR count). The fraction of sp³-hybridized carbons (Fsp3) is 0.364. The average Bonchev–Trinajstić information content (AvgIpc) is 3.06. The average molecular weight is 283 g/mol. The fourth-order valence-electron chi connectivity index (χ4n) is 1.30. The highest BCUT2D eigenvalue weighted by molar-refractivity contribution is 9.10. The maximum atomic E-state index is 5.41. The van der Waals surface area contributed by atoms with E-state index in [2.05, 4.69) is 31.7 Å². The number of hydrogen-bond donors (Lipinski definition) is 3. The van der Waals surface area contributed by atoms with Crippen molar-refractivity contribution in [3.63, 3.8) is 0 Å². The van der Waals surface area contributed by atoms with E-state index < -0.39 is 0 Å². The van der Waals surface area contributed by atoms with Gasteiger partial charge in [0.25, 0.3) is 0 Å². The maximum absolute atomic E-state index is 5.41. The number of benzene rings is 1. The Hall–Kier alpha value is -1.07. The minimum atomic E-state index is 0.437. The van der Waals surface area contributed by atoms with E-state index in [0.717, 1.165) is 23.0 Å². The van der Waals surface area contributed by atoms with Crippen molar-refractivity contribution in [3.8, 4) is 0 Å². The molecule has 1 aliphatic carbocycles. The normalized spacial score (nSPS) is 16.1. The van der Waals surface area contributed by atoms with Crippen LogP contribution in [0.15, 0.2) is 27.7 Å². The van der Waals surface area contributed by atoms with Crippen LogP contribution in [-0.4, -0.2) is 12.0 Å². The molecule has 5 heteroatoms. The molecule has 0 atom stereocenters. The highest BCUT2D eigenvalue weighted by Gasteiger charge is 2.20. The lowest BCUT2D eigenvalue weighted by molar-refractivity contribution is 0.966. The molecule has 0 aliphatic heterocycles. The van der Waals surface area contributed by atoms with Crippen LogP contribution in [0.2, 0.25) is 0 Å². The van der Waals surface area contributed by atoms with Crippen LogP contribution in [-0.2, 0) is 0 Å². The largest absolute Gasteiger partial charge is 0.325 e. The topological polar surface area (TPSA) is 62.4 Å². The molecule has 1 fully saturated rings. The zero-order valence-corrected chi connectivity index (χ0v) is 10.7. The number of rotatable bonds is 2. The monoisotopic (exact) mass is 282 g/mol. The molecule has 0 aromatic heterocycles. The zero-order chi connectivity index (χ0) is 11.5. The summed E-state index contributed by atoms with van der Waals surface area (Å²) in [5, 5.41) is 3.15. The van der Waals surface area contributed by atoms with Gasteiger partial charge < -0.3 is 5.32 Å². The summed E-state index contributed by atoms with van der Waals surface area (Å²) < 4.78 is 1.07. The SMILES string of the molecule is Cc1ccc(NC(=NC2CC2)NN)cc1Br.